The summed E-state index contributed by atoms with van der Waals surface area (Å²) in [5.41, 5.74) is 15.5. The maximum Gasteiger partial charge on any atom is 0.317 e. The number of sulfonamides is 2. The molecule has 8 aliphatic heterocycles. The highest BCUT2D eigenvalue weighted by molar-refractivity contribution is 7.89. The second-order valence-corrected chi connectivity index (χ2v) is 41.2. The van der Waals surface area contributed by atoms with E-state index >= 15 is 0 Å². The molecule has 9 heterocycles. The number of methoxy groups -OCH3 is 5. The lowest BCUT2D eigenvalue weighted by Gasteiger charge is -2.57. The zero-order valence-corrected chi connectivity index (χ0v) is 80.4. The molecule has 9 fully saturated rings. The van der Waals surface area contributed by atoms with Crippen molar-refractivity contribution in [1.82, 2.24) is 48.3 Å². The summed E-state index contributed by atoms with van der Waals surface area (Å²) in [7, 11) is 2.15. The number of carbonyl (C=O) groups is 2. The number of aromatic nitrogens is 1. The molecule has 0 bridgehead atoms. The zero-order valence-electron chi connectivity index (χ0n) is 78.7. The van der Waals surface area contributed by atoms with Crippen molar-refractivity contribution in [2.75, 3.05) is 152 Å². The van der Waals surface area contributed by atoms with Crippen molar-refractivity contribution in [2.45, 2.75) is 176 Å². The number of nitrogens with zero attached hydrogens (tertiary/aromatic N) is 9. The molecule has 1 aromatic heterocycles. The van der Waals surface area contributed by atoms with E-state index in [1.54, 1.807) is 82.5 Å². The molecule has 0 unspecified atom stereocenters. The number of nitrogens with one attached hydrogen (secondary N) is 1. The van der Waals surface area contributed by atoms with Gasteiger partial charge in [0.2, 0.25) is 20.0 Å². The summed E-state index contributed by atoms with van der Waals surface area (Å²) in [6.07, 6.45) is 15.9. The molecule has 12 atom stereocenters. The molecule has 1 aliphatic carbocycles. The van der Waals surface area contributed by atoms with Crippen molar-refractivity contribution < 1.29 is 60.3 Å². The summed E-state index contributed by atoms with van der Waals surface area (Å²) >= 11 is 0. The molecular formula is C108H136N10O13S2. The minimum absolute atomic E-state index is 0.0183. The first kappa shape index (κ1) is 97.6. The summed E-state index contributed by atoms with van der Waals surface area (Å²) in [6, 6.07) is 72.3. The fourth-order valence-electron chi connectivity index (χ4n) is 22.2. The van der Waals surface area contributed by atoms with Crippen LogP contribution in [0.1, 0.15) is 164 Å². The Labute approximate surface area is 789 Å². The van der Waals surface area contributed by atoms with E-state index in [1.807, 2.05) is 77.7 Å². The lowest BCUT2D eigenvalue weighted by atomic mass is 9.74. The molecule has 133 heavy (non-hydrogen) atoms. The van der Waals surface area contributed by atoms with E-state index in [-0.39, 0.29) is 84.6 Å². The second-order valence-electron chi connectivity index (χ2n) is 36.7. The summed E-state index contributed by atoms with van der Waals surface area (Å²) in [6.45, 7) is 16.4. The molecule has 8 aromatic carbocycles. The van der Waals surface area contributed by atoms with Crippen LogP contribution in [-0.2, 0) is 29.5 Å². The number of hydrogen-bond donors (Lipinski definition) is 3. The summed E-state index contributed by atoms with van der Waals surface area (Å²) in [5, 5.41) is 23.6. The lowest BCUT2D eigenvalue weighted by Crippen LogP contribution is -2.68. The van der Waals surface area contributed by atoms with Crippen molar-refractivity contribution in [1.29, 1.82) is 0 Å². The second kappa shape index (κ2) is 46.1. The quantitative estimate of drug-likeness (QED) is 0.0534. The molecule has 3 N–H and O–H groups in total. The van der Waals surface area contributed by atoms with Crippen LogP contribution in [-0.4, -0.2) is 288 Å². The van der Waals surface area contributed by atoms with E-state index in [0.29, 0.717) is 81.6 Å². The first-order valence-corrected chi connectivity index (χ1v) is 51.4. The minimum Gasteiger partial charge on any atom is -0.496 e. The number of hydrogen-bond acceptors (Lipinski definition) is 18. The fraction of sp³-hybridized carbons (Fsp3) is 0.472. The Kier molecular flexibility index (Phi) is 33.8. The smallest absolute Gasteiger partial charge is 0.317 e. The number of fused-ring (bicyclic) bond motifs is 4. The molecule has 1 saturated carbocycles. The Bertz CT molecular complexity index is 5590. The van der Waals surface area contributed by atoms with Crippen LogP contribution < -0.4 is 19.5 Å². The zero-order chi connectivity index (χ0) is 93.1. The number of aliphatic hydroxyl groups excluding tert-OH is 2. The predicted molar refractivity (Wildman–Crippen MR) is 526 cm³/mol. The lowest BCUT2D eigenvalue weighted by molar-refractivity contribution is -0.0668. The van der Waals surface area contributed by atoms with Gasteiger partial charge in [-0.25, -0.2) is 30.2 Å². The number of amides is 3. The topological polar surface area (TPSA) is 240 Å². The number of para-hydroxylation sites is 3. The molecule has 9 aromatic rings. The summed E-state index contributed by atoms with van der Waals surface area (Å²) in [4.78, 5) is 44.2. The highest BCUT2D eigenvalue weighted by atomic mass is 32.2. The van der Waals surface area contributed by atoms with Crippen LogP contribution >= 0.6 is 0 Å². The molecule has 0 spiro atoms. The molecule has 9 aliphatic rings. The number of benzene rings is 8. The standard InChI is InChI=1S/C29H39N3O3.C28H31N3O3.C26H32N2O4S.C25H34N2O3S/c1-34-20-26-28(22-15-13-21(14-16-22)24-11-5-6-12-27(24)35-2)25-19-31(17-7-8-18-32(25)26)29(33)30-23-9-3-4-10-23;1-34-26-7-3-2-6-23(26)20-8-10-21(11-9-20)27-24-18-30(28(33)22-12-14-29-15-13-22)16-4-5-17-31(24)25(27)19-32;1-3-33(30,31)27-16-6-7-17-28-23(18-27)26(24(28)19-29)22-14-11-20(12-15-22)10-13-21-8-4-5-9-25(21)32-2;1-4-31(28,29)26-15-7-8-16-27-23(17-26)25(24(27)18-30-3)21-13-11-20(12-14-21)22-10-6-5-9-19(22)2/h5-6,11-16,23,25-26,28H,3-4,7-10,17-20H2,1-2H3,(H,30,33);2-3,6-15,24-25,27,32H,4-5,16-19H2,1H3;4-5,8-9,11-12,14-15,23-24,26,29H,3,6-7,16-19H2,1-2H3;5-6,9-14,23-25H,4,7-8,15-18H2,1-3H3/t25-,26-,28-;24-,25-,27-;23-,24-,26-;23-,24+,25-/m1100/s1. The van der Waals surface area contributed by atoms with Crippen molar-refractivity contribution in [3.8, 4) is 62.5 Å². The molecule has 23 nitrogen and oxygen atoms in total. The van der Waals surface area contributed by atoms with Crippen LogP contribution in [0.3, 0.4) is 0 Å². The first-order chi connectivity index (χ1) is 64.8. The minimum atomic E-state index is -3.24. The Morgan fingerprint density at radius 3 is 1.21 bits per heavy atom. The van der Waals surface area contributed by atoms with Crippen LogP contribution in [0.4, 0.5) is 4.79 Å². The number of carbonyl (C=O) groups excluding carboxylic acids is 2. The van der Waals surface area contributed by atoms with Gasteiger partial charge in [0.15, 0.2) is 0 Å². The first-order valence-electron chi connectivity index (χ1n) is 48.2. The van der Waals surface area contributed by atoms with Gasteiger partial charge >= 0.3 is 6.03 Å². The number of urea groups is 1. The van der Waals surface area contributed by atoms with Gasteiger partial charge in [0.25, 0.3) is 5.91 Å². The maximum absolute atomic E-state index is 13.2. The van der Waals surface area contributed by atoms with Gasteiger partial charge < -0.3 is 49.0 Å². The number of aryl methyl sites for hydroxylation is 1. The average molecular weight is 1850 g/mol. The molecule has 8 saturated heterocycles. The van der Waals surface area contributed by atoms with Crippen LogP contribution in [0.15, 0.2) is 219 Å². The van der Waals surface area contributed by atoms with Crippen molar-refractivity contribution in [3.63, 3.8) is 0 Å². The normalized spacial score (nSPS) is 24.3. The number of ether oxygens (including phenoxy) is 5. The maximum atomic E-state index is 13.2. The highest BCUT2D eigenvalue weighted by Crippen LogP contribution is 2.48. The van der Waals surface area contributed by atoms with Gasteiger partial charge in [-0.3, -0.25) is 29.4 Å². The summed E-state index contributed by atoms with van der Waals surface area (Å²) in [5.74, 6) is 10.1. The van der Waals surface area contributed by atoms with Gasteiger partial charge in [0.1, 0.15) is 17.2 Å². The third-order valence-corrected chi connectivity index (χ3v) is 33.0. The SMILES string of the molecule is CCS(=O)(=O)N1CCCCN2[C@@H](CO)[C@@H](c3ccc(C#Cc4ccccc4OC)cc3)[C@@H]2C1.CCS(=O)(=O)N1CCCCN2[C@H](COC)[C@@H](c3ccc(-c4ccccc4C)cc3)[C@@H]2C1.COC[C@@H]1[C@H](c2ccc(-c3ccccc3OC)cc2)[C@H]2CN(C(=O)NC3CCCC3)CCCCN12.COc1ccccc1-c1ccc([C@H]2[C@@H](CO)N3CCCCN(C(=O)c4ccncc4)C[C@H]23)cc1. The molecular weight excluding hydrogens is 1710 g/mol. The number of aliphatic hydroxyl groups is 2. The number of pyridine rings is 1. The number of rotatable bonds is 22. The van der Waals surface area contributed by atoms with Crippen LogP contribution in [0.2, 0.25) is 0 Å². The average Bonchev–Trinajstić information content (AvgIpc) is 0.836. The van der Waals surface area contributed by atoms with E-state index < -0.39 is 20.0 Å². The van der Waals surface area contributed by atoms with Gasteiger partial charge in [0.05, 0.1) is 64.8 Å². The molecule has 3 amide bonds. The van der Waals surface area contributed by atoms with E-state index in [9.17, 15) is 36.6 Å². The Morgan fingerprint density at radius 1 is 0.406 bits per heavy atom. The van der Waals surface area contributed by atoms with Gasteiger partial charge in [-0.2, -0.15) is 0 Å². The Balaban J connectivity index is 0.000000136. The van der Waals surface area contributed by atoms with Gasteiger partial charge in [-0.05, 0) is 210 Å². The fourth-order valence-corrected chi connectivity index (χ4v) is 24.6. The molecule has 18 rings (SSSR count). The van der Waals surface area contributed by atoms with Crippen molar-refractivity contribution >= 4 is 32.0 Å². The van der Waals surface area contributed by atoms with Crippen LogP contribution in [0, 0.1) is 18.8 Å². The van der Waals surface area contributed by atoms with Crippen molar-refractivity contribution in [3.05, 3.63) is 263 Å². The summed E-state index contributed by atoms with van der Waals surface area (Å²) < 4.78 is 81.6. The van der Waals surface area contributed by atoms with E-state index in [0.717, 1.165) is 166 Å². The Morgan fingerprint density at radius 2 is 0.774 bits per heavy atom. The highest BCUT2D eigenvalue weighted by Gasteiger charge is 2.54. The Hall–Kier alpha value is -9.89. The molecule has 0 radical (unpaired) electrons. The predicted octanol–water partition coefficient (Wildman–Crippen LogP) is 15.3. The van der Waals surface area contributed by atoms with Crippen molar-refractivity contribution in [2.24, 2.45) is 0 Å². The van der Waals surface area contributed by atoms with Crippen LogP contribution in [0.5, 0.6) is 17.2 Å². The third-order valence-electron chi connectivity index (χ3n) is 29.3. The monoisotopic (exact) mass is 1840 g/mol. The molecule has 25 heteroatoms. The van der Waals surface area contributed by atoms with E-state index in [2.05, 4.69) is 175 Å². The van der Waals surface area contributed by atoms with Crippen LogP contribution in [0.25, 0.3) is 33.4 Å². The van der Waals surface area contributed by atoms with Gasteiger partial charge in [-0.15, -0.1) is 0 Å². The molecule has 708 valence electrons. The largest absolute Gasteiger partial charge is 0.496 e. The van der Waals surface area contributed by atoms with E-state index in [4.69, 9.17) is 23.7 Å². The van der Waals surface area contributed by atoms with E-state index in [1.165, 1.54) is 46.2 Å². The third kappa shape index (κ3) is 22.5. The van der Waals surface area contributed by atoms with Gasteiger partial charge in [-0.1, -0.05) is 182 Å². The van der Waals surface area contributed by atoms with Gasteiger partial charge in [0, 0.05) is 179 Å².